The van der Waals surface area contributed by atoms with E-state index in [1.54, 1.807) is 0 Å². The van der Waals surface area contributed by atoms with Crippen molar-refractivity contribution in [2.75, 3.05) is 9.80 Å². The van der Waals surface area contributed by atoms with E-state index in [1.165, 1.54) is 55.6 Å². The molecule has 2 aliphatic rings. The summed E-state index contributed by atoms with van der Waals surface area (Å²) in [7, 11) is 0. The molecule has 0 aromatic heterocycles. The van der Waals surface area contributed by atoms with Gasteiger partial charge in [-0.15, -0.1) is 0 Å². The third-order valence-corrected chi connectivity index (χ3v) is 11.8. The zero-order valence-electron chi connectivity index (χ0n) is 31.3. The SMILES string of the molecule is c1ccc(-c2cccc(N(c3ccccc3)c3cc(N(c4ccccc4)c4ccccc4)c4c(c3)C3(c5ccccc5-c5ccccc53)c3ccccc3-4)c2)cc1. The molecule has 0 radical (unpaired) electrons. The lowest BCUT2D eigenvalue weighted by molar-refractivity contribution is 0.793. The van der Waals surface area contributed by atoms with Gasteiger partial charge in [0.05, 0.1) is 11.1 Å². The molecule has 0 fully saturated rings. The van der Waals surface area contributed by atoms with Crippen LogP contribution >= 0.6 is 0 Å². The molecule has 2 nitrogen and oxygen atoms in total. The summed E-state index contributed by atoms with van der Waals surface area (Å²) in [4.78, 5) is 4.89. The molecule has 2 heteroatoms. The van der Waals surface area contributed by atoms with Crippen molar-refractivity contribution in [2.24, 2.45) is 0 Å². The number of anilines is 6. The third-order valence-electron chi connectivity index (χ3n) is 11.8. The van der Waals surface area contributed by atoms with E-state index >= 15 is 0 Å². The molecule has 11 rings (SSSR count). The van der Waals surface area contributed by atoms with Crippen molar-refractivity contribution in [1.82, 2.24) is 0 Å². The lowest BCUT2D eigenvalue weighted by Crippen LogP contribution is -2.26. The molecule has 0 amide bonds. The van der Waals surface area contributed by atoms with Crippen molar-refractivity contribution in [3.8, 4) is 33.4 Å². The maximum atomic E-state index is 2.49. The zero-order valence-corrected chi connectivity index (χ0v) is 31.3. The van der Waals surface area contributed by atoms with E-state index in [2.05, 4.69) is 240 Å². The van der Waals surface area contributed by atoms with Crippen molar-refractivity contribution in [1.29, 1.82) is 0 Å². The first kappa shape index (κ1) is 33.0. The number of fused-ring (bicyclic) bond motifs is 10. The van der Waals surface area contributed by atoms with Crippen LogP contribution in [0.25, 0.3) is 33.4 Å². The topological polar surface area (TPSA) is 6.48 Å². The first-order valence-electron chi connectivity index (χ1n) is 19.7. The molecule has 0 N–H and O–H groups in total. The number of para-hydroxylation sites is 3. The van der Waals surface area contributed by atoms with Crippen LogP contribution in [0.5, 0.6) is 0 Å². The standard InChI is InChI=1S/C55H38N2/c1-5-20-39(21-6-1)40-22-19-29-44(36-40)56(41-23-7-2-8-24-41)45-37-52-54(53(38-45)57(42-25-9-3-10-26-42)43-27-11-4-12-28-43)48-32-15-18-35-51(48)55(52)49-33-16-13-30-46(49)47-31-14-17-34-50(47)55/h1-38H. The molecule has 0 heterocycles. The maximum Gasteiger partial charge on any atom is 0.0727 e. The zero-order chi connectivity index (χ0) is 37.8. The Kier molecular flexibility index (Phi) is 7.75. The van der Waals surface area contributed by atoms with Gasteiger partial charge in [0.1, 0.15) is 0 Å². The van der Waals surface area contributed by atoms with Gasteiger partial charge in [-0.05, 0) is 111 Å². The van der Waals surface area contributed by atoms with E-state index in [0.29, 0.717) is 0 Å². The van der Waals surface area contributed by atoms with Crippen LogP contribution in [0.2, 0.25) is 0 Å². The Bertz CT molecular complexity index is 2820. The van der Waals surface area contributed by atoms with Crippen LogP contribution < -0.4 is 9.80 Å². The Hall–Kier alpha value is -7.42. The van der Waals surface area contributed by atoms with Gasteiger partial charge in [-0.2, -0.15) is 0 Å². The Labute approximate surface area is 334 Å². The Morgan fingerprint density at radius 1 is 0.263 bits per heavy atom. The summed E-state index contributed by atoms with van der Waals surface area (Å²) < 4.78 is 0. The summed E-state index contributed by atoms with van der Waals surface area (Å²) in [5.74, 6) is 0. The fourth-order valence-corrected chi connectivity index (χ4v) is 9.55. The van der Waals surface area contributed by atoms with Crippen LogP contribution in [0.1, 0.15) is 22.3 Å². The molecule has 9 aromatic rings. The number of rotatable bonds is 7. The van der Waals surface area contributed by atoms with E-state index in [-0.39, 0.29) is 0 Å². The monoisotopic (exact) mass is 726 g/mol. The Morgan fingerprint density at radius 2 is 0.684 bits per heavy atom. The van der Waals surface area contributed by atoms with Crippen molar-refractivity contribution >= 4 is 34.1 Å². The maximum absolute atomic E-state index is 2.49. The smallest absolute Gasteiger partial charge is 0.0727 e. The fourth-order valence-electron chi connectivity index (χ4n) is 9.55. The summed E-state index contributed by atoms with van der Waals surface area (Å²) in [6.45, 7) is 0. The Balaban J connectivity index is 1.28. The quantitative estimate of drug-likeness (QED) is 0.161. The summed E-state index contributed by atoms with van der Waals surface area (Å²) in [6, 6.07) is 84.2. The van der Waals surface area contributed by atoms with E-state index in [9.17, 15) is 0 Å². The van der Waals surface area contributed by atoms with Crippen molar-refractivity contribution in [3.63, 3.8) is 0 Å². The average molecular weight is 727 g/mol. The normalized spacial score (nSPS) is 12.7. The highest BCUT2D eigenvalue weighted by Gasteiger charge is 2.52. The van der Waals surface area contributed by atoms with Crippen LogP contribution in [0.3, 0.4) is 0 Å². The van der Waals surface area contributed by atoms with E-state index in [4.69, 9.17) is 0 Å². The molecule has 0 aliphatic heterocycles. The number of benzene rings is 9. The molecule has 0 bridgehead atoms. The van der Waals surface area contributed by atoms with Crippen LogP contribution in [-0.2, 0) is 5.41 Å². The van der Waals surface area contributed by atoms with Gasteiger partial charge in [0.25, 0.3) is 0 Å². The fraction of sp³-hybridized carbons (Fsp3) is 0.0182. The van der Waals surface area contributed by atoms with Gasteiger partial charge in [0, 0.05) is 34.0 Å². The van der Waals surface area contributed by atoms with Crippen LogP contribution in [0, 0.1) is 0 Å². The first-order valence-corrected chi connectivity index (χ1v) is 19.7. The van der Waals surface area contributed by atoms with Crippen LogP contribution in [0.15, 0.2) is 231 Å². The lowest BCUT2D eigenvalue weighted by atomic mass is 9.70. The average Bonchev–Trinajstić information content (AvgIpc) is 3.76. The van der Waals surface area contributed by atoms with Gasteiger partial charge in [-0.3, -0.25) is 0 Å². The molecule has 0 unspecified atom stereocenters. The summed E-state index contributed by atoms with van der Waals surface area (Å²) >= 11 is 0. The number of hydrogen-bond acceptors (Lipinski definition) is 2. The predicted octanol–water partition coefficient (Wildman–Crippen LogP) is 14.6. The molecule has 57 heavy (non-hydrogen) atoms. The molecule has 9 aromatic carbocycles. The van der Waals surface area contributed by atoms with E-state index in [0.717, 1.165) is 34.1 Å². The highest BCUT2D eigenvalue weighted by Crippen LogP contribution is 2.65. The van der Waals surface area contributed by atoms with Gasteiger partial charge >= 0.3 is 0 Å². The molecule has 0 atom stereocenters. The van der Waals surface area contributed by atoms with Gasteiger partial charge in [0.15, 0.2) is 0 Å². The van der Waals surface area contributed by atoms with Crippen molar-refractivity contribution < 1.29 is 0 Å². The van der Waals surface area contributed by atoms with Crippen molar-refractivity contribution in [3.05, 3.63) is 253 Å². The second-order valence-corrected chi connectivity index (χ2v) is 14.9. The molecule has 0 saturated heterocycles. The number of hydrogen-bond donors (Lipinski definition) is 0. The van der Waals surface area contributed by atoms with Crippen LogP contribution in [-0.4, -0.2) is 0 Å². The summed E-state index contributed by atoms with van der Waals surface area (Å²) in [5, 5.41) is 0. The van der Waals surface area contributed by atoms with Gasteiger partial charge < -0.3 is 9.80 Å². The highest BCUT2D eigenvalue weighted by atomic mass is 15.2. The van der Waals surface area contributed by atoms with Gasteiger partial charge in [-0.1, -0.05) is 170 Å². The highest BCUT2D eigenvalue weighted by molar-refractivity contribution is 6.03. The Morgan fingerprint density at radius 3 is 1.25 bits per heavy atom. The van der Waals surface area contributed by atoms with Gasteiger partial charge in [-0.25, -0.2) is 0 Å². The molecule has 2 aliphatic carbocycles. The van der Waals surface area contributed by atoms with E-state index in [1.807, 2.05) is 0 Å². The summed E-state index contributed by atoms with van der Waals surface area (Å²) in [5.41, 5.74) is 18.8. The van der Waals surface area contributed by atoms with Crippen molar-refractivity contribution in [2.45, 2.75) is 5.41 Å². The molecule has 1 spiro atoms. The van der Waals surface area contributed by atoms with E-state index < -0.39 is 5.41 Å². The minimum atomic E-state index is -0.531. The van der Waals surface area contributed by atoms with Crippen LogP contribution in [0.4, 0.5) is 34.1 Å². The predicted molar refractivity (Wildman–Crippen MR) is 238 cm³/mol. The molecular formula is C55H38N2. The number of nitrogens with zero attached hydrogens (tertiary/aromatic N) is 2. The summed E-state index contributed by atoms with van der Waals surface area (Å²) in [6.07, 6.45) is 0. The molecular weight excluding hydrogens is 689 g/mol. The minimum Gasteiger partial charge on any atom is -0.310 e. The third kappa shape index (κ3) is 5.11. The van der Waals surface area contributed by atoms with Gasteiger partial charge in [0.2, 0.25) is 0 Å². The molecule has 268 valence electrons. The largest absolute Gasteiger partial charge is 0.310 e. The second kappa shape index (κ2) is 13.4. The second-order valence-electron chi connectivity index (χ2n) is 14.9. The lowest BCUT2D eigenvalue weighted by Gasteiger charge is -2.34. The first-order chi connectivity index (χ1) is 28.3. The molecule has 0 saturated carbocycles. The minimum absolute atomic E-state index is 0.531.